The quantitative estimate of drug-likeness (QED) is 0.298. The van der Waals surface area contributed by atoms with E-state index in [0.717, 1.165) is 0 Å². The molecule has 0 spiro atoms. The summed E-state index contributed by atoms with van der Waals surface area (Å²) in [7, 11) is 0. The molecule has 2 aliphatic heterocycles. The van der Waals surface area contributed by atoms with Crippen LogP contribution in [-0.2, 0) is 15.1 Å². The fourth-order valence-electron chi connectivity index (χ4n) is 4.50. The summed E-state index contributed by atoms with van der Waals surface area (Å²) in [6, 6.07) is 17.5. The topological polar surface area (TPSA) is 104 Å². The van der Waals surface area contributed by atoms with Crippen molar-refractivity contribution in [3.05, 3.63) is 88.8 Å². The molecule has 3 aromatic carbocycles. The van der Waals surface area contributed by atoms with Crippen LogP contribution >= 0.6 is 11.6 Å². The van der Waals surface area contributed by atoms with Gasteiger partial charge in [0, 0.05) is 16.3 Å². The Morgan fingerprint density at radius 1 is 1.05 bits per heavy atom. The maximum Gasteiger partial charge on any atom is 0.586 e. The highest BCUT2D eigenvalue weighted by Crippen LogP contribution is 2.44. The lowest BCUT2D eigenvalue weighted by Gasteiger charge is -2.25. The van der Waals surface area contributed by atoms with Crippen LogP contribution in [0.4, 0.5) is 14.5 Å². The van der Waals surface area contributed by atoms with Crippen molar-refractivity contribution in [2.45, 2.75) is 25.2 Å². The number of alkyl halides is 2. The third kappa shape index (κ3) is 4.54. The van der Waals surface area contributed by atoms with E-state index in [0.29, 0.717) is 21.8 Å². The zero-order valence-corrected chi connectivity index (χ0v) is 20.9. The normalized spacial score (nSPS) is 19.4. The van der Waals surface area contributed by atoms with E-state index in [9.17, 15) is 18.4 Å². The molecule has 1 aromatic heterocycles. The molecule has 1 fully saturated rings. The first-order chi connectivity index (χ1) is 18.6. The van der Waals surface area contributed by atoms with Crippen molar-refractivity contribution in [3.8, 4) is 22.9 Å². The van der Waals surface area contributed by atoms with Gasteiger partial charge in [-0.25, -0.2) is 4.79 Å². The van der Waals surface area contributed by atoms with Crippen LogP contribution < -0.4 is 14.4 Å². The Morgan fingerprint density at radius 2 is 1.79 bits per heavy atom. The minimum atomic E-state index is -3.79. The molecule has 0 radical (unpaired) electrons. The number of aromatic nitrogens is 2. The average Bonchev–Trinajstić information content (AvgIpc) is 3.59. The van der Waals surface area contributed by atoms with Gasteiger partial charge in [-0.1, -0.05) is 35.0 Å². The molecular formula is C27H18ClF2N3O6. The molecule has 198 valence electrons. The first kappa shape index (κ1) is 24.8. The van der Waals surface area contributed by atoms with Gasteiger partial charge in [-0.15, -0.1) is 8.78 Å². The summed E-state index contributed by atoms with van der Waals surface area (Å²) in [6.07, 6.45) is -4.06. The summed E-state index contributed by atoms with van der Waals surface area (Å²) in [5.41, 5.74) is 0.176. The Balaban J connectivity index is 1.37. The van der Waals surface area contributed by atoms with E-state index in [-0.39, 0.29) is 47.7 Å². The highest BCUT2D eigenvalue weighted by atomic mass is 35.5. The summed E-state index contributed by atoms with van der Waals surface area (Å²) in [4.78, 5) is 32.4. The van der Waals surface area contributed by atoms with Crippen LogP contribution in [0.5, 0.6) is 11.5 Å². The van der Waals surface area contributed by atoms with E-state index in [1.807, 2.05) is 0 Å². The number of benzene rings is 3. The van der Waals surface area contributed by atoms with E-state index < -0.39 is 17.9 Å². The molecule has 1 unspecified atom stereocenters. The van der Waals surface area contributed by atoms with Crippen molar-refractivity contribution >= 4 is 29.2 Å². The van der Waals surface area contributed by atoms with Crippen LogP contribution in [-0.4, -0.2) is 34.9 Å². The Hall–Kier alpha value is -4.51. The zero-order valence-electron chi connectivity index (χ0n) is 20.2. The SMILES string of the molecule is Cc1ccccc1C(=O)OC1(c2nc(-c3ccc4c(c3)OC(F)(F)O4)no2)CC(=O)N(c2ccc(Cl)cc2)C1. The monoisotopic (exact) mass is 553 g/mol. The Kier molecular flexibility index (Phi) is 5.76. The smallest absolute Gasteiger partial charge is 0.443 e. The number of fused-ring (bicyclic) bond motifs is 1. The van der Waals surface area contributed by atoms with Crippen LogP contribution in [0.15, 0.2) is 71.3 Å². The Bertz CT molecular complexity index is 1610. The van der Waals surface area contributed by atoms with E-state index >= 15 is 0 Å². The van der Waals surface area contributed by atoms with E-state index in [1.165, 1.54) is 23.1 Å². The number of halogens is 3. The van der Waals surface area contributed by atoms with Crippen molar-refractivity contribution < 1.29 is 37.1 Å². The lowest BCUT2D eigenvalue weighted by molar-refractivity contribution is -0.286. The van der Waals surface area contributed by atoms with Crippen molar-refractivity contribution in [3.63, 3.8) is 0 Å². The molecule has 0 aliphatic carbocycles. The molecule has 2 aliphatic rings. The van der Waals surface area contributed by atoms with Crippen LogP contribution in [0, 0.1) is 6.92 Å². The van der Waals surface area contributed by atoms with Gasteiger partial charge in [-0.3, -0.25) is 4.79 Å². The third-order valence-corrected chi connectivity index (χ3v) is 6.67. The second-order valence-electron chi connectivity index (χ2n) is 9.08. The lowest BCUT2D eigenvalue weighted by atomic mass is 10.0. The number of nitrogens with zero attached hydrogens (tertiary/aromatic N) is 3. The van der Waals surface area contributed by atoms with Gasteiger partial charge in [-0.05, 0) is 61.0 Å². The van der Waals surface area contributed by atoms with Crippen molar-refractivity contribution in [2.24, 2.45) is 0 Å². The van der Waals surface area contributed by atoms with Gasteiger partial charge < -0.3 is 23.6 Å². The summed E-state index contributed by atoms with van der Waals surface area (Å²) in [6.45, 7) is 1.65. The number of amides is 1. The molecule has 0 bridgehead atoms. The van der Waals surface area contributed by atoms with E-state index in [1.54, 1.807) is 55.5 Å². The molecule has 1 atom stereocenters. The molecule has 1 saturated heterocycles. The number of hydrogen-bond donors (Lipinski definition) is 0. The van der Waals surface area contributed by atoms with Crippen molar-refractivity contribution in [2.75, 3.05) is 11.4 Å². The van der Waals surface area contributed by atoms with E-state index in [2.05, 4.69) is 19.6 Å². The van der Waals surface area contributed by atoms with Crippen LogP contribution in [0.3, 0.4) is 0 Å². The number of ether oxygens (including phenoxy) is 3. The number of anilines is 1. The number of carbonyl (C=O) groups is 2. The van der Waals surface area contributed by atoms with E-state index in [4.69, 9.17) is 20.9 Å². The number of hydrogen-bond acceptors (Lipinski definition) is 8. The maximum absolute atomic E-state index is 13.5. The van der Waals surface area contributed by atoms with Gasteiger partial charge in [0.25, 0.3) is 5.89 Å². The fraction of sp³-hybridized carbons (Fsp3) is 0.185. The zero-order chi connectivity index (χ0) is 27.4. The molecule has 0 N–H and O–H groups in total. The predicted molar refractivity (Wildman–Crippen MR) is 133 cm³/mol. The first-order valence-electron chi connectivity index (χ1n) is 11.7. The van der Waals surface area contributed by atoms with Gasteiger partial charge in [-0.2, -0.15) is 4.98 Å². The Morgan fingerprint density at radius 3 is 2.56 bits per heavy atom. The molecule has 9 nitrogen and oxygen atoms in total. The van der Waals surface area contributed by atoms with Crippen LogP contribution in [0.25, 0.3) is 11.4 Å². The van der Waals surface area contributed by atoms with Crippen LogP contribution in [0.2, 0.25) is 5.02 Å². The van der Waals surface area contributed by atoms with Crippen molar-refractivity contribution in [1.29, 1.82) is 0 Å². The molecule has 39 heavy (non-hydrogen) atoms. The first-order valence-corrected chi connectivity index (χ1v) is 12.1. The summed E-state index contributed by atoms with van der Waals surface area (Å²) in [5, 5.41) is 4.45. The second-order valence-corrected chi connectivity index (χ2v) is 9.52. The summed E-state index contributed by atoms with van der Waals surface area (Å²) >= 11 is 6.01. The standard InChI is InChI=1S/C27H18ClF2N3O6/c1-15-4-2-3-5-19(15)24(35)38-26(13-22(34)33(14-26)18-9-7-17(28)8-10-18)25-31-23(32-39-25)16-6-11-20-21(12-16)37-27(29,30)36-20/h2-12H,13-14H2,1H3. The Labute approximate surface area is 224 Å². The minimum Gasteiger partial charge on any atom is -0.443 e. The van der Waals surface area contributed by atoms with Gasteiger partial charge in [0.1, 0.15) is 0 Å². The largest absolute Gasteiger partial charge is 0.586 e. The molecule has 6 rings (SSSR count). The predicted octanol–water partition coefficient (Wildman–Crippen LogP) is 5.51. The van der Waals surface area contributed by atoms with Gasteiger partial charge in [0.15, 0.2) is 11.5 Å². The second kappa shape index (κ2) is 9.05. The van der Waals surface area contributed by atoms with Gasteiger partial charge in [0.2, 0.25) is 17.3 Å². The molecule has 12 heteroatoms. The van der Waals surface area contributed by atoms with Gasteiger partial charge in [0.05, 0.1) is 18.5 Å². The van der Waals surface area contributed by atoms with Crippen molar-refractivity contribution in [1.82, 2.24) is 10.1 Å². The molecule has 0 saturated carbocycles. The summed E-state index contributed by atoms with van der Waals surface area (Å²) in [5.74, 6) is -1.49. The minimum absolute atomic E-state index is 0.00956. The molecule has 4 aromatic rings. The third-order valence-electron chi connectivity index (χ3n) is 6.42. The van der Waals surface area contributed by atoms with Gasteiger partial charge >= 0.3 is 12.3 Å². The number of rotatable bonds is 5. The lowest BCUT2D eigenvalue weighted by Crippen LogP contribution is -2.36. The number of esters is 1. The fourth-order valence-corrected chi connectivity index (χ4v) is 4.62. The van der Waals surface area contributed by atoms with Crippen LogP contribution in [0.1, 0.15) is 28.2 Å². The number of aryl methyl sites for hydroxylation is 1. The summed E-state index contributed by atoms with van der Waals surface area (Å²) < 4.78 is 47.4. The highest BCUT2D eigenvalue weighted by molar-refractivity contribution is 6.30. The average molecular weight is 554 g/mol. The number of carbonyl (C=O) groups excluding carboxylic acids is 2. The highest BCUT2D eigenvalue weighted by Gasteiger charge is 2.53. The maximum atomic E-state index is 13.5. The molecular weight excluding hydrogens is 536 g/mol. The molecule has 1 amide bonds. The molecule has 3 heterocycles.